The van der Waals surface area contributed by atoms with Gasteiger partial charge in [-0.2, -0.15) is 5.10 Å². The Morgan fingerprint density at radius 2 is 2.15 bits per heavy atom. The van der Waals surface area contributed by atoms with Gasteiger partial charge in [0.25, 0.3) is 0 Å². The molecule has 104 valence electrons. The van der Waals surface area contributed by atoms with Crippen LogP contribution in [0.2, 0.25) is 0 Å². The molecule has 0 amide bonds. The second-order valence-corrected chi connectivity index (χ2v) is 4.97. The van der Waals surface area contributed by atoms with E-state index in [2.05, 4.69) is 30.4 Å². The van der Waals surface area contributed by atoms with Gasteiger partial charge in [0.2, 0.25) is 0 Å². The van der Waals surface area contributed by atoms with E-state index >= 15 is 0 Å². The highest BCUT2D eigenvalue weighted by atomic mass is 16.3. The number of aryl methyl sites for hydroxylation is 1. The fraction of sp³-hybridized carbons (Fsp3) is 0.312. The van der Waals surface area contributed by atoms with Gasteiger partial charge in [0.05, 0.1) is 29.8 Å². The summed E-state index contributed by atoms with van der Waals surface area (Å²) in [6, 6.07) is 10.4. The molecule has 2 aromatic heterocycles. The van der Waals surface area contributed by atoms with E-state index in [0.29, 0.717) is 0 Å². The fourth-order valence-corrected chi connectivity index (χ4v) is 2.56. The highest BCUT2D eigenvalue weighted by Crippen LogP contribution is 2.28. The van der Waals surface area contributed by atoms with Crippen molar-refractivity contribution in [1.29, 1.82) is 0 Å². The first-order valence-electron chi connectivity index (χ1n) is 6.98. The Labute approximate surface area is 118 Å². The number of aromatic nitrogens is 2. The molecular formula is C16H19N3O. The lowest BCUT2D eigenvalue weighted by Gasteiger charge is -2.15. The van der Waals surface area contributed by atoms with Crippen LogP contribution in [0.1, 0.15) is 30.6 Å². The number of fused-ring (bicyclic) bond motifs is 1. The fourth-order valence-electron chi connectivity index (χ4n) is 2.56. The molecule has 0 bridgehead atoms. The summed E-state index contributed by atoms with van der Waals surface area (Å²) in [5.41, 5.74) is 3.31. The summed E-state index contributed by atoms with van der Waals surface area (Å²) in [5, 5.41) is 9.45. The van der Waals surface area contributed by atoms with Crippen LogP contribution in [-0.2, 0) is 7.05 Å². The van der Waals surface area contributed by atoms with Crippen molar-refractivity contribution >= 4 is 10.9 Å². The zero-order valence-corrected chi connectivity index (χ0v) is 11.8. The lowest BCUT2D eigenvalue weighted by atomic mass is 10.0. The summed E-state index contributed by atoms with van der Waals surface area (Å²) in [6.45, 7) is 3.11. The minimum Gasteiger partial charge on any atom is -0.472 e. The van der Waals surface area contributed by atoms with Crippen LogP contribution in [-0.4, -0.2) is 16.3 Å². The molecule has 0 aliphatic carbocycles. The molecule has 1 atom stereocenters. The molecule has 0 fully saturated rings. The van der Waals surface area contributed by atoms with Gasteiger partial charge in [-0.3, -0.25) is 4.68 Å². The van der Waals surface area contributed by atoms with Gasteiger partial charge in [0.1, 0.15) is 0 Å². The normalized spacial score (nSPS) is 12.9. The van der Waals surface area contributed by atoms with Crippen molar-refractivity contribution in [3.8, 4) is 0 Å². The summed E-state index contributed by atoms with van der Waals surface area (Å²) in [6.07, 6.45) is 4.58. The predicted molar refractivity (Wildman–Crippen MR) is 79.6 cm³/mol. The molecule has 2 heterocycles. The molecule has 0 radical (unpaired) electrons. The van der Waals surface area contributed by atoms with Crippen molar-refractivity contribution in [1.82, 2.24) is 15.1 Å². The number of rotatable bonds is 5. The van der Waals surface area contributed by atoms with Crippen molar-refractivity contribution in [3.05, 3.63) is 54.1 Å². The summed E-state index contributed by atoms with van der Waals surface area (Å²) in [4.78, 5) is 0. The van der Waals surface area contributed by atoms with Crippen LogP contribution < -0.4 is 5.32 Å². The van der Waals surface area contributed by atoms with Gasteiger partial charge in [-0.1, -0.05) is 25.1 Å². The lowest BCUT2D eigenvalue weighted by Crippen LogP contribution is -2.23. The Balaban J connectivity index is 2.09. The smallest absolute Gasteiger partial charge is 0.0954 e. The Morgan fingerprint density at radius 3 is 2.90 bits per heavy atom. The molecule has 1 unspecified atom stereocenters. The zero-order valence-electron chi connectivity index (χ0n) is 11.8. The van der Waals surface area contributed by atoms with Crippen molar-refractivity contribution < 1.29 is 4.42 Å². The Kier molecular flexibility index (Phi) is 3.56. The summed E-state index contributed by atoms with van der Waals surface area (Å²) in [5.74, 6) is 0. The van der Waals surface area contributed by atoms with E-state index in [9.17, 15) is 0 Å². The van der Waals surface area contributed by atoms with Crippen LogP contribution in [0.25, 0.3) is 10.9 Å². The minimum absolute atomic E-state index is 0.0693. The molecule has 3 aromatic rings. The largest absolute Gasteiger partial charge is 0.472 e. The van der Waals surface area contributed by atoms with Crippen LogP contribution in [0.4, 0.5) is 0 Å². The SMILES string of the molecule is CCCNC(c1ccoc1)c1nn(C)c2ccccc12. The average Bonchev–Trinajstić information content (AvgIpc) is 3.10. The van der Waals surface area contributed by atoms with Crippen molar-refractivity contribution in [2.24, 2.45) is 7.05 Å². The number of hydrogen-bond acceptors (Lipinski definition) is 3. The molecule has 3 rings (SSSR count). The highest BCUT2D eigenvalue weighted by Gasteiger charge is 2.20. The second-order valence-electron chi connectivity index (χ2n) is 4.97. The molecule has 0 spiro atoms. The van der Waals surface area contributed by atoms with E-state index in [1.54, 1.807) is 12.5 Å². The number of para-hydroxylation sites is 1. The van der Waals surface area contributed by atoms with E-state index in [1.165, 1.54) is 5.39 Å². The van der Waals surface area contributed by atoms with E-state index in [-0.39, 0.29) is 6.04 Å². The number of nitrogens with zero attached hydrogens (tertiary/aromatic N) is 2. The van der Waals surface area contributed by atoms with Crippen LogP contribution >= 0.6 is 0 Å². The van der Waals surface area contributed by atoms with Crippen LogP contribution in [0.15, 0.2) is 47.3 Å². The first-order chi connectivity index (χ1) is 9.81. The van der Waals surface area contributed by atoms with Gasteiger partial charge < -0.3 is 9.73 Å². The third kappa shape index (κ3) is 2.23. The molecule has 0 saturated heterocycles. The van der Waals surface area contributed by atoms with Gasteiger partial charge in [-0.15, -0.1) is 0 Å². The maximum absolute atomic E-state index is 5.24. The van der Waals surface area contributed by atoms with Crippen molar-refractivity contribution in [3.63, 3.8) is 0 Å². The summed E-state index contributed by atoms with van der Waals surface area (Å²) in [7, 11) is 1.98. The van der Waals surface area contributed by atoms with E-state index in [4.69, 9.17) is 9.52 Å². The maximum atomic E-state index is 5.24. The standard InChI is InChI=1S/C16H19N3O/c1-3-9-17-15(12-8-10-20-11-12)16-13-6-4-5-7-14(13)19(2)18-16/h4-8,10-11,15,17H,3,9H2,1-2H3. The summed E-state index contributed by atoms with van der Waals surface area (Å²) < 4.78 is 7.18. The van der Waals surface area contributed by atoms with E-state index in [1.807, 2.05) is 23.9 Å². The van der Waals surface area contributed by atoms with Crippen molar-refractivity contribution in [2.75, 3.05) is 6.54 Å². The zero-order chi connectivity index (χ0) is 13.9. The quantitative estimate of drug-likeness (QED) is 0.773. The topological polar surface area (TPSA) is 43.0 Å². The molecule has 1 N–H and O–H groups in total. The molecule has 4 nitrogen and oxygen atoms in total. The summed E-state index contributed by atoms with van der Waals surface area (Å²) >= 11 is 0. The van der Waals surface area contributed by atoms with Crippen LogP contribution in [0.5, 0.6) is 0 Å². The monoisotopic (exact) mass is 269 g/mol. The number of hydrogen-bond donors (Lipinski definition) is 1. The van der Waals surface area contributed by atoms with Gasteiger partial charge in [-0.25, -0.2) is 0 Å². The van der Waals surface area contributed by atoms with Gasteiger partial charge in [0, 0.05) is 18.0 Å². The Hall–Kier alpha value is -2.07. The van der Waals surface area contributed by atoms with Crippen LogP contribution in [0.3, 0.4) is 0 Å². The van der Waals surface area contributed by atoms with Gasteiger partial charge >= 0.3 is 0 Å². The molecular weight excluding hydrogens is 250 g/mol. The first kappa shape index (κ1) is 12.9. The first-order valence-corrected chi connectivity index (χ1v) is 6.98. The van der Waals surface area contributed by atoms with Crippen molar-refractivity contribution in [2.45, 2.75) is 19.4 Å². The van der Waals surface area contributed by atoms with E-state index in [0.717, 1.165) is 29.7 Å². The minimum atomic E-state index is 0.0693. The Morgan fingerprint density at radius 1 is 1.30 bits per heavy atom. The second kappa shape index (κ2) is 5.51. The maximum Gasteiger partial charge on any atom is 0.0954 e. The molecule has 1 aromatic carbocycles. The number of benzene rings is 1. The van der Waals surface area contributed by atoms with E-state index < -0.39 is 0 Å². The average molecular weight is 269 g/mol. The van der Waals surface area contributed by atoms with Gasteiger partial charge in [0.15, 0.2) is 0 Å². The molecule has 0 aliphatic rings. The molecule has 0 aliphatic heterocycles. The highest BCUT2D eigenvalue weighted by molar-refractivity contribution is 5.82. The third-order valence-corrected chi connectivity index (χ3v) is 3.53. The van der Waals surface area contributed by atoms with Crippen LogP contribution in [0, 0.1) is 0 Å². The predicted octanol–water partition coefficient (Wildman–Crippen LogP) is 3.26. The number of nitrogens with one attached hydrogen (secondary N) is 1. The Bertz CT molecular complexity index is 685. The molecule has 0 saturated carbocycles. The third-order valence-electron chi connectivity index (χ3n) is 3.53. The number of furan rings is 1. The molecule has 20 heavy (non-hydrogen) atoms. The van der Waals surface area contributed by atoms with Gasteiger partial charge in [-0.05, 0) is 25.1 Å². The lowest BCUT2D eigenvalue weighted by molar-refractivity contribution is 0.542. The molecule has 4 heteroatoms.